The van der Waals surface area contributed by atoms with Gasteiger partial charge in [0.1, 0.15) is 6.23 Å². The van der Waals surface area contributed by atoms with E-state index < -0.39 is 6.23 Å². The van der Waals surface area contributed by atoms with Crippen LogP contribution in [0.5, 0.6) is 0 Å². The quantitative estimate of drug-likeness (QED) is 0.320. The van der Waals surface area contributed by atoms with Crippen LogP contribution >= 0.6 is 0 Å². The summed E-state index contributed by atoms with van der Waals surface area (Å²) in [7, 11) is 0. The summed E-state index contributed by atoms with van der Waals surface area (Å²) in [5, 5.41) is 6.14. The lowest BCUT2D eigenvalue weighted by atomic mass is 10.2. The van der Waals surface area contributed by atoms with Crippen molar-refractivity contribution in [3.8, 4) is 0 Å². The number of benzene rings is 1. The van der Waals surface area contributed by atoms with Gasteiger partial charge in [-0.2, -0.15) is 0 Å². The topological polar surface area (TPSA) is 113 Å². The molecule has 0 heterocycles. The highest BCUT2D eigenvalue weighted by molar-refractivity contribution is 5.94. The highest BCUT2D eigenvalue weighted by Crippen LogP contribution is 2.02. The largest absolute Gasteiger partial charge is 0.357 e. The maximum atomic E-state index is 11.9. The number of rotatable bonds is 8. The van der Waals surface area contributed by atoms with Gasteiger partial charge in [-0.1, -0.05) is 23.3 Å². The van der Waals surface area contributed by atoms with Crippen molar-refractivity contribution in [3.05, 3.63) is 46.3 Å². The summed E-state index contributed by atoms with van der Waals surface area (Å²) in [6.07, 6.45) is -0.107. The number of nitrogens with zero attached hydrogens (tertiary/aromatic N) is 3. The molecule has 0 aromatic heterocycles. The first kappa shape index (κ1) is 15.0. The predicted molar refractivity (Wildman–Crippen MR) is 71.3 cm³/mol. The fraction of sp³-hybridized carbons (Fsp3) is 0.417. The molecular formula is C12H17N5O2. The molecule has 1 rings (SSSR count). The SMILES string of the molecule is [N-]=[N+]=NCCC(NC(=O)c1ccccc1)OCCN. The van der Waals surface area contributed by atoms with Crippen molar-refractivity contribution in [2.45, 2.75) is 12.6 Å². The van der Waals surface area contributed by atoms with E-state index in [9.17, 15) is 4.79 Å². The summed E-state index contributed by atoms with van der Waals surface area (Å²) in [5.74, 6) is -0.233. The third-order valence-electron chi connectivity index (χ3n) is 2.32. The molecule has 1 aromatic carbocycles. The molecule has 0 aliphatic carbocycles. The zero-order valence-corrected chi connectivity index (χ0v) is 10.5. The Labute approximate surface area is 111 Å². The van der Waals surface area contributed by atoms with Crippen LogP contribution in [0, 0.1) is 0 Å². The molecule has 1 aromatic rings. The van der Waals surface area contributed by atoms with E-state index in [0.717, 1.165) is 0 Å². The van der Waals surface area contributed by atoms with Gasteiger partial charge in [-0.3, -0.25) is 4.79 Å². The molecule has 0 aliphatic rings. The predicted octanol–water partition coefficient (Wildman–Crippen LogP) is 1.42. The first-order valence-electron chi connectivity index (χ1n) is 5.96. The van der Waals surface area contributed by atoms with Crippen molar-refractivity contribution in [2.75, 3.05) is 19.7 Å². The molecule has 0 aliphatic heterocycles. The summed E-state index contributed by atoms with van der Waals surface area (Å²) in [6, 6.07) is 8.82. The van der Waals surface area contributed by atoms with Crippen LogP contribution in [-0.2, 0) is 4.74 Å². The second-order valence-corrected chi connectivity index (χ2v) is 3.73. The third-order valence-corrected chi connectivity index (χ3v) is 2.32. The Kier molecular flexibility index (Phi) is 7.04. The van der Waals surface area contributed by atoms with Crippen LogP contribution in [0.1, 0.15) is 16.8 Å². The molecule has 1 unspecified atom stereocenters. The van der Waals surface area contributed by atoms with Crippen LogP contribution < -0.4 is 11.1 Å². The van der Waals surface area contributed by atoms with Gasteiger partial charge >= 0.3 is 0 Å². The number of azide groups is 1. The molecular weight excluding hydrogens is 246 g/mol. The molecule has 102 valence electrons. The van der Waals surface area contributed by atoms with E-state index >= 15 is 0 Å². The average Bonchev–Trinajstić information content (AvgIpc) is 2.45. The minimum Gasteiger partial charge on any atom is -0.357 e. The fourth-order valence-electron chi connectivity index (χ4n) is 1.45. The highest BCUT2D eigenvalue weighted by Gasteiger charge is 2.13. The number of hydrogen-bond donors (Lipinski definition) is 2. The monoisotopic (exact) mass is 263 g/mol. The number of hydrogen-bond acceptors (Lipinski definition) is 4. The standard InChI is InChI=1S/C12H17N5O2/c13-7-9-19-11(6-8-15-17-14)16-12(18)10-4-2-1-3-5-10/h1-5,11H,6-9,13H2,(H,16,18). The van der Waals surface area contributed by atoms with Gasteiger partial charge in [-0.05, 0) is 24.1 Å². The first-order chi connectivity index (χ1) is 9.27. The van der Waals surface area contributed by atoms with Crippen LogP contribution in [0.25, 0.3) is 10.4 Å². The first-order valence-corrected chi connectivity index (χ1v) is 5.96. The van der Waals surface area contributed by atoms with Gasteiger partial charge in [0.25, 0.3) is 5.91 Å². The van der Waals surface area contributed by atoms with Crippen molar-refractivity contribution in [2.24, 2.45) is 10.8 Å². The Bertz CT molecular complexity index is 431. The van der Waals surface area contributed by atoms with E-state index in [1.807, 2.05) is 6.07 Å². The van der Waals surface area contributed by atoms with Gasteiger partial charge < -0.3 is 15.8 Å². The Morgan fingerprint density at radius 1 is 1.47 bits per heavy atom. The molecule has 0 saturated heterocycles. The highest BCUT2D eigenvalue weighted by atomic mass is 16.5. The third kappa shape index (κ3) is 5.87. The molecule has 1 amide bonds. The van der Waals surface area contributed by atoms with E-state index in [1.54, 1.807) is 24.3 Å². The number of carbonyl (C=O) groups is 1. The summed E-state index contributed by atoms with van der Waals surface area (Å²) >= 11 is 0. The lowest BCUT2D eigenvalue weighted by molar-refractivity contribution is 0.0284. The van der Waals surface area contributed by atoms with Crippen LogP contribution in [0.2, 0.25) is 0 Å². The van der Waals surface area contributed by atoms with Crippen LogP contribution in [-0.4, -0.2) is 31.8 Å². The van der Waals surface area contributed by atoms with Gasteiger partial charge in [-0.15, -0.1) is 0 Å². The van der Waals surface area contributed by atoms with Crippen molar-refractivity contribution in [1.82, 2.24) is 5.32 Å². The van der Waals surface area contributed by atoms with Crippen molar-refractivity contribution in [1.29, 1.82) is 0 Å². The number of nitrogens with two attached hydrogens (primary N) is 1. The van der Waals surface area contributed by atoms with Crippen LogP contribution in [0.4, 0.5) is 0 Å². The maximum Gasteiger partial charge on any atom is 0.253 e. The minimum absolute atomic E-state index is 0.233. The molecule has 0 saturated carbocycles. The van der Waals surface area contributed by atoms with Crippen molar-refractivity contribution < 1.29 is 9.53 Å². The lowest BCUT2D eigenvalue weighted by Gasteiger charge is -2.18. The van der Waals surface area contributed by atoms with Crippen molar-refractivity contribution in [3.63, 3.8) is 0 Å². The van der Waals surface area contributed by atoms with Gasteiger partial charge in [0.2, 0.25) is 0 Å². The van der Waals surface area contributed by atoms with Crippen molar-refractivity contribution >= 4 is 5.91 Å². The summed E-state index contributed by atoms with van der Waals surface area (Å²) in [6.45, 7) is 0.941. The molecule has 0 fully saturated rings. The zero-order valence-electron chi connectivity index (χ0n) is 10.5. The smallest absolute Gasteiger partial charge is 0.253 e. The normalized spacial score (nSPS) is 11.4. The Hall–Kier alpha value is -2.08. The molecule has 3 N–H and O–H groups in total. The van der Waals surface area contributed by atoms with E-state index in [2.05, 4.69) is 15.3 Å². The molecule has 0 bridgehead atoms. The number of carbonyl (C=O) groups excluding carboxylic acids is 1. The summed E-state index contributed by atoms with van der Waals surface area (Å²) < 4.78 is 5.39. The van der Waals surface area contributed by atoms with E-state index in [4.69, 9.17) is 16.0 Å². The average molecular weight is 263 g/mol. The van der Waals surface area contributed by atoms with Gasteiger partial charge in [0.15, 0.2) is 0 Å². The zero-order chi connectivity index (χ0) is 13.9. The molecule has 0 radical (unpaired) electrons. The molecule has 7 nitrogen and oxygen atoms in total. The lowest BCUT2D eigenvalue weighted by Crippen LogP contribution is -2.38. The van der Waals surface area contributed by atoms with E-state index in [0.29, 0.717) is 25.1 Å². The number of ether oxygens (including phenoxy) is 1. The summed E-state index contributed by atoms with van der Waals surface area (Å²) in [5.41, 5.74) is 14.1. The fourth-order valence-corrected chi connectivity index (χ4v) is 1.45. The Morgan fingerprint density at radius 3 is 2.84 bits per heavy atom. The minimum atomic E-state index is -0.512. The number of amides is 1. The number of nitrogens with one attached hydrogen (secondary N) is 1. The van der Waals surface area contributed by atoms with E-state index in [1.165, 1.54) is 0 Å². The maximum absolute atomic E-state index is 11.9. The summed E-state index contributed by atoms with van der Waals surface area (Å²) in [4.78, 5) is 14.6. The second-order valence-electron chi connectivity index (χ2n) is 3.73. The molecule has 7 heteroatoms. The van der Waals surface area contributed by atoms with Crippen LogP contribution in [0.3, 0.4) is 0 Å². The van der Waals surface area contributed by atoms with Gasteiger partial charge in [-0.25, -0.2) is 0 Å². The van der Waals surface area contributed by atoms with Crippen LogP contribution in [0.15, 0.2) is 35.4 Å². The Morgan fingerprint density at radius 2 is 2.21 bits per heavy atom. The Balaban J connectivity index is 2.55. The van der Waals surface area contributed by atoms with Gasteiger partial charge in [0, 0.05) is 23.6 Å². The molecule has 19 heavy (non-hydrogen) atoms. The van der Waals surface area contributed by atoms with E-state index in [-0.39, 0.29) is 12.5 Å². The second kappa shape index (κ2) is 8.93. The molecule has 1 atom stereocenters. The molecule has 0 spiro atoms. The van der Waals surface area contributed by atoms with Gasteiger partial charge in [0.05, 0.1) is 6.61 Å².